The summed E-state index contributed by atoms with van der Waals surface area (Å²) in [6.07, 6.45) is 1.28. The van der Waals surface area contributed by atoms with Gasteiger partial charge < -0.3 is 4.57 Å². The zero-order chi connectivity index (χ0) is 6.57. The van der Waals surface area contributed by atoms with Gasteiger partial charge in [-0.1, -0.05) is 50.5 Å². The molecule has 50 valence electrons. The lowest BCUT2D eigenvalue weighted by atomic mass is 10.5. The molecule has 0 spiro atoms. The Labute approximate surface area is 78.3 Å². The van der Waals surface area contributed by atoms with Gasteiger partial charge in [-0.15, -0.1) is 0 Å². The number of hydrogen-bond donors (Lipinski definition) is 0. The molecule has 0 aromatic rings. The number of hydrogen-bond acceptors (Lipinski definition) is 1. The van der Waals surface area contributed by atoms with Crippen molar-refractivity contribution in [3.63, 3.8) is 0 Å². The molecule has 0 rings (SSSR count). The fourth-order valence-corrected chi connectivity index (χ4v) is 2.57. The van der Waals surface area contributed by atoms with Crippen molar-refractivity contribution in [1.82, 2.24) is 4.57 Å². The van der Waals surface area contributed by atoms with Gasteiger partial charge in [-0.3, -0.25) is 0 Å². The Morgan fingerprint density at radius 1 is 1.50 bits per heavy atom. The molecule has 0 N–H and O–H groups in total. The largest absolute Gasteiger partial charge is 0.313 e. The second kappa shape index (κ2) is 5.42. The lowest BCUT2D eigenvalue weighted by molar-refractivity contribution is 0.538. The predicted molar refractivity (Wildman–Crippen MR) is 58.1 cm³/mol. The highest BCUT2D eigenvalue weighted by molar-refractivity contribution is 14.3. The zero-order valence-corrected chi connectivity index (χ0v) is 10.7. The quantitative estimate of drug-likeness (QED) is 0.425. The lowest BCUT2D eigenvalue weighted by Gasteiger charge is -2.14. The number of nitrogens with zero attached hydrogens (tertiary/aromatic N) is 1. The third-order valence-electron chi connectivity index (χ3n) is 0.910. The first-order chi connectivity index (χ1) is 3.68. The monoisotopic (exact) mass is 355 g/mol. The molecule has 0 heterocycles. The molecule has 0 aromatic carbocycles. The van der Waals surface area contributed by atoms with Crippen molar-refractivity contribution in [1.29, 1.82) is 0 Å². The second-order valence-corrected chi connectivity index (χ2v) is 17.4. The topological polar surface area (TPSA) is 3.24 Å². The van der Waals surface area contributed by atoms with Crippen molar-refractivity contribution < 1.29 is 0 Å². The van der Waals surface area contributed by atoms with E-state index in [0.717, 1.165) is 0 Å². The molecule has 0 amide bonds. The number of rotatable bonds is 3. The minimum absolute atomic E-state index is 0.509. The lowest BCUT2D eigenvalue weighted by Crippen LogP contribution is -2.26. The minimum atomic E-state index is -0.509. The van der Waals surface area contributed by atoms with Gasteiger partial charge in [0.25, 0.3) is 0 Å². The standard InChI is InChI=1S/C4H11I2NSi/c1-3-4-7(2)8(5)6/h8H,3-4H2,1-2H3. The molecule has 0 saturated heterocycles. The van der Waals surface area contributed by atoms with Crippen molar-refractivity contribution in [2.24, 2.45) is 0 Å². The average Bonchev–Trinajstić information content (AvgIpc) is 1.67. The van der Waals surface area contributed by atoms with Gasteiger partial charge in [-0.05, 0) is 20.0 Å². The first-order valence-corrected chi connectivity index (χ1v) is 11.5. The van der Waals surface area contributed by atoms with E-state index in [1.165, 1.54) is 13.0 Å². The molecule has 0 fully saturated rings. The molecule has 1 nitrogen and oxygen atoms in total. The molecule has 0 aromatic heterocycles. The maximum absolute atomic E-state index is 2.54. The Kier molecular flexibility index (Phi) is 6.53. The molecule has 0 radical (unpaired) electrons. The van der Waals surface area contributed by atoms with Crippen LogP contribution in [0.3, 0.4) is 0 Å². The summed E-state index contributed by atoms with van der Waals surface area (Å²) in [5.41, 5.74) is 0. The molecule has 8 heavy (non-hydrogen) atoms. The van der Waals surface area contributed by atoms with E-state index in [1.54, 1.807) is 0 Å². The normalized spacial score (nSPS) is 11.2. The van der Waals surface area contributed by atoms with Crippen molar-refractivity contribution >= 4 is 47.5 Å². The van der Waals surface area contributed by atoms with Crippen LogP contribution < -0.4 is 0 Å². The third kappa shape index (κ3) is 4.51. The molecule has 0 aliphatic heterocycles. The molecule has 0 saturated carbocycles. The van der Waals surface area contributed by atoms with E-state index in [9.17, 15) is 0 Å². The van der Waals surface area contributed by atoms with Crippen LogP contribution in [-0.4, -0.2) is 22.1 Å². The summed E-state index contributed by atoms with van der Waals surface area (Å²) in [5, 5.41) is 0. The summed E-state index contributed by atoms with van der Waals surface area (Å²) in [5.74, 6) is 0. The predicted octanol–water partition coefficient (Wildman–Crippen LogP) is 1.92. The maximum atomic E-state index is 2.54. The van der Waals surface area contributed by atoms with Gasteiger partial charge in [0.2, 0.25) is 3.95 Å². The van der Waals surface area contributed by atoms with Crippen LogP contribution in [0.25, 0.3) is 0 Å². The Morgan fingerprint density at radius 2 is 2.00 bits per heavy atom. The van der Waals surface area contributed by atoms with Gasteiger partial charge in [0.1, 0.15) is 0 Å². The molecule has 0 unspecified atom stereocenters. The fourth-order valence-electron chi connectivity index (χ4n) is 0.450. The van der Waals surface area contributed by atoms with Gasteiger partial charge in [0.05, 0.1) is 0 Å². The Hall–Kier alpha value is 1.64. The first kappa shape index (κ1) is 9.64. The first-order valence-electron chi connectivity index (χ1n) is 2.67. The van der Waals surface area contributed by atoms with Crippen molar-refractivity contribution in [3.05, 3.63) is 0 Å². The fraction of sp³-hybridized carbons (Fsp3) is 1.00. The Bertz CT molecular complexity index is 60.0. The van der Waals surface area contributed by atoms with Gasteiger partial charge in [0.15, 0.2) is 0 Å². The summed E-state index contributed by atoms with van der Waals surface area (Å²) in [6, 6.07) is 0. The molecule has 4 heteroatoms. The summed E-state index contributed by atoms with van der Waals surface area (Å²) in [7, 11) is 2.21. The molecular formula is C4H11I2NSi. The van der Waals surface area contributed by atoms with Crippen LogP contribution in [0.4, 0.5) is 0 Å². The Balaban J connectivity index is 3.17. The molecule has 0 aliphatic carbocycles. The van der Waals surface area contributed by atoms with E-state index in [-0.39, 0.29) is 0 Å². The summed E-state index contributed by atoms with van der Waals surface area (Å²) in [6.45, 7) is 3.49. The summed E-state index contributed by atoms with van der Waals surface area (Å²) < 4.78 is 1.95. The van der Waals surface area contributed by atoms with E-state index in [2.05, 4.69) is 62.1 Å². The number of halogens is 2. The van der Waals surface area contributed by atoms with Crippen LogP contribution in [0.1, 0.15) is 13.3 Å². The summed E-state index contributed by atoms with van der Waals surface area (Å²) in [4.78, 5) is 0. The van der Waals surface area contributed by atoms with Gasteiger partial charge in [0, 0.05) is 0 Å². The van der Waals surface area contributed by atoms with Crippen LogP contribution in [0.15, 0.2) is 0 Å². The van der Waals surface area contributed by atoms with E-state index in [0.29, 0.717) is 0 Å². The van der Waals surface area contributed by atoms with E-state index < -0.39 is 3.95 Å². The minimum Gasteiger partial charge on any atom is -0.313 e. The smallest absolute Gasteiger partial charge is 0.247 e. The highest BCUT2D eigenvalue weighted by Gasteiger charge is 2.05. The average molecular weight is 355 g/mol. The van der Waals surface area contributed by atoms with Gasteiger partial charge >= 0.3 is 0 Å². The molecule has 0 bridgehead atoms. The second-order valence-electron chi connectivity index (χ2n) is 1.76. The highest BCUT2D eigenvalue weighted by atomic mass is 127. The van der Waals surface area contributed by atoms with Crippen LogP contribution in [0.5, 0.6) is 0 Å². The van der Waals surface area contributed by atoms with Gasteiger partial charge in [-0.25, -0.2) is 0 Å². The van der Waals surface area contributed by atoms with Crippen molar-refractivity contribution in [2.45, 2.75) is 13.3 Å². The van der Waals surface area contributed by atoms with E-state index in [1.807, 2.05) is 0 Å². The van der Waals surface area contributed by atoms with E-state index in [4.69, 9.17) is 0 Å². The van der Waals surface area contributed by atoms with Crippen molar-refractivity contribution in [3.8, 4) is 0 Å². The van der Waals surface area contributed by atoms with E-state index >= 15 is 0 Å². The van der Waals surface area contributed by atoms with Crippen LogP contribution in [0, 0.1) is 0 Å². The molecular weight excluding hydrogens is 344 g/mol. The van der Waals surface area contributed by atoms with Crippen LogP contribution >= 0.6 is 43.6 Å². The zero-order valence-electron chi connectivity index (χ0n) is 5.19. The Morgan fingerprint density at radius 3 is 2.12 bits per heavy atom. The highest BCUT2D eigenvalue weighted by Crippen LogP contribution is 2.07. The maximum Gasteiger partial charge on any atom is 0.247 e. The van der Waals surface area contributed by atoms with Crippen LogP contribution in [-0.2, 0) is 0 Å². The van der Waals surface area contributed by atoms with Gasteiger partial charge in [-0.2, -0.15) is 0 Å². The molecule has 0 atom stereocenters. The SMILES string of the molecule is CCCN(C)[SiH](I)I. The van der Waals surface area contributed by atoms with Crippen molar-refractivity contribution in [2.75, 3.05) is 13.6 Å². The molecule has 0 aliphatic rings. The van der Waals surface area contributed by atoms with Crippen LogP contribution in [0.2, 0.25) is 0 Å². The third-order valence-corrected chi connectivity index (χ3v) is 7.54. The summed E-state index contributed by atoms with van der Waals surface area (Å²) >= 11 is 5.09.